The summed E-state index contributed by atoms with van der Waals surface area (Å²) in [4.78, 5) is 24.3. The summed E-state index contributed by atoms with van der Waals surface area (Å²) in [5.41, 5.74) is 8.45. The number of carboxylic acids is 1. The summed E-state index contributed by atoms with van der Waals surface area (Å²) in [6.45, 7) is 6.69. The van der Waals surface area contributed by atoms with Crippen molar-refractivity contribution in [1.82, 2.24) is 15.1 Å². The van der Waals surface area contributed by atoms with Crippen LogP contribution in [0.2, 0.25) is 0 Å². The van der Waals surface area contributed by atoms with Gasteiger partial charge in [0.15, 0.2) is 0 Å². The third-order valence-corrected chi connectivity index (χ3v) is 8.45. The van der Waals surface area contributed by atoms with Crippen molar-refractivity contribution >= 4 is 40.6 Å². The molecule has 7 rings (SSSR count). The Balaban J connectivity index is 0.000000441. The Hall–Kier alpha value is -4.48. The molecule has 8 nitrogen and oxygen atoms in total. The first-order valence-electron chi connectivity index (χ1n) is 14.3. The number of alkyl halides is 3. The Morgan fingerprint density at radius 3 is 2.52 bits per heavy atom. The van der Waals surface area contributed by atoms with Gasteiger partial charge in [-0.3, -0.25) is 14.8 Å². The van der Waals surface area contributed by atoms with E-state index in [1.807, 2.05) is 6.07 Å². The summed E-state index contributed by atoms with van der Waals surface area (Å²) in [5.74, 6) is -2.44. The molecule has 2 fully saturated rings. The molecule has 11 heteroatoms. The van der Waals surface area contributed by atoms with E-state index in [-0.39, 0.29) is 11.8 Å². The lowest BCUT2D eigenvalue weighted by Gasteiger charge is -2.26. The number of anilines is 1. The van der Waals surface area contributed by atoms with Gasteiger partial charge in [0, 0.05) is 36.6 Å². The van der Waals surface area contributed by atoms with Crippen LogP contribution in [0.25, 0.3) is 23.1 Å². The fourth-order valence-electron chi connectivity index (χ4n) is 6.04. The molecule has 228 valence electrons. The molecule has 1 aliphatic carbocycles. The molecule has 0 bridgehead atoms. The first-order valence-corrected chi connectivity index (χ1v) is 14.3. The third-order valence-electron chi connectivity index (χ3n) is 8.45. The number of morpholine rings is 1. The van der Waals surface area contributed by atoms with Gasteiger partial charge in [0.05, 0.1) is 29.8 Å². The number of aliphatic carboxylic acids is 1. The molecule has 0 radical (unpaired) electrons. The highest BCUT2D eigenvalue weighted by Gasteiger charge is 2.65. The van der Waals surface area contributed by atoms with E-state index >= 15 is 0 Å². The number of aromatic nitrogens is 2. The van der Waals surface area contributed by atoms with Crippen LogP contribution in [0.4, 0.5) is 18.9 Å². The molecule has 1 spiro atoms. The number of carboxylic acid groups (broad SMARTS) is 1. The van der Waals surface area contributed by atoms with Crippen molar-refractivity contribution in [1.29, 1.82) is 0 Å². The van der Waals surface area contributed by atoms with Gasteiger partial charge in [-0.05, 0) is 53.8 Å². The number of hydrogen-bond donors (Lipinski definition) is 3. The number of amides is 1. The van der Waals surface area contributed by atoms with Crippen LogP contribution in [0.1, 0.15) is 45.8 Å². The largest absolute Gasteiger partial charge is 0.490 e. The molecular weight excluding hydrogens is 573 g/mol. The molecule has 1 saturated carbocycles. The van der Waals surface area contributed by atoms with Gasteiger partial charge in [-0.2, -0.15) is 18.3 Å². The first-order chi connectivity index (χ1) is 21.0. The maximum Gasteiger partial charge on any atom is 0.490 e. The molecule has 1 aromatic heterocycles. The number of carbonyl (C=O) groups excluding carboxylic acids is 1. The van der Waals surface area contributed by atoms with E-state index in [9.17, 15) is 18.0 Å². The van der Waals surface area contributed by atoms with Gasteiger partial charge >= 0.3 is 12.1 Å². The van der Waals surface area contributed by atoms with Crippen LogP contribution in [0.5, 0.6) is 0 Å². The fraction of sp³-hybridized carbons (Fsp3) is 0.303. The quantitative estimate of drug-likeness (QED) is 0.263. The highest BCUT2D eigenvalue weighted by Crippen LogP contribution is 2.65. The number of benzene rings is 3. The van der Waals surface area contributed by atoms with Crippen molar-refractivity contribution in [3.05, 3.63) is 94.2 Å². The summed E-state index contributed by atoms with van der Waals surface area (Å²) in [7, 11) is 0. The number of halogens is 3. The van der Waals surface area contributed by atoms with Crippen molar-refractivity contribution in [3.63, 3.8) is 0 Å². The Labute approximate surface area is 251 Å². The lowest BCUT2D eigenvalue weighted by Crippen LogP contribution is -2.35. The molecule has 4 aromatic rings. The van der Waals surface area contributed by atoms with Crippen molar-refractivity contribution in [2.75, 3.05) is 31.6 Å². The second-order valence-corrected chi connectivity index (χ2v) is 11.4. The van der Waals surface area contributed by atoms with Crippen molar-refractivity contribution < 1.29 is 32.6 Å². The average molecular weight is 605 g/mol. The van der Waals surface area contributed by atoms with Gasteiger partial charge in [0.2, 0.25) is 5.91 Å². The SMILES string of the molecule is Cc1ccc2c(c1)[C@]1(C[C@H]1c1ccc3c(/C=C/c4ccc(CN5CCOCC5)cc4)n[nH]c3c1)C(=O)N2.O=C(O)C(F)(F)F. The number of hydrogen-bond acceptors (Lipinski definition) is 5. The van der Waals surface area contributed by atoms with Gasteiger partial charge in [0.25, 0.3) is 0 Å². The predicted molar refractivity (Wildman–Crippen MR) is 160 cm³/mol. The highest BCUT2D eigenvalue weighted by atomic mass is 19.4. The fourth-order valence-corrected chi connectivity index (χ4v) is 6.04. The zero-order chi connectivity index (χ0) is 31.1. The summed E-state index contributed by atoms with van der Waals surface area (Å²) in [6, 6.07) is 21.5. The molecule has 1 saturated heterocycles. The monoisotopic (exact) mass is 604 g/mol. The van der Waals surface area contributed by atoms with Gasteiger partial charge < -0.3 is 15.2 Å². The summed E-state index contributed by atoms with van der Waals surface area (Å²) >= 11 is 0. The number of ether oxygens (including phenoxy) is 1. The number of aryl methyl sites for hydroxylation is 1. The Morgan fingerprint density at radius 2 is 1.82 bits per heavy atom. The van der Waals surface area contributed by atoms with E-state index in [2.05, 4.69) is 94.1 Å². The number of fused-ring (bicyclic) bond motifs is 3. The Kier molecular flexibility index (Phi) is 7.77. The second-order valence-electron chi connectivity index (χ2n) is 11.4. The molecule has 2 atom stereocenters. The molecular formula is C33H31F3N4O4. The smallest absolute Gasteiger partial charge is 0.475 e. The topological polar surface area (TPSA) is 108 Å². The summed E-state index contributed by atoms with van der Waals surface area (Å²) in [6.07, 6.45) is -0.0547. The number of rotatable bonds is 5. The van der Waals surface area contributed by atoms with Crippen LogP contribution >= 0.6 is 0 Å². The van der Waals surface area contributed by atoms with E-state index < -0.39 is 17.6 Å². The van der Waals surface area contributed by atoms with Crippen molar-refractivity contribution in [2.24, 2.45) is 0 Å². The molecule has 44 heavy (non-hydrogen) atoms. The van der Waals surface area contributed by atoms with Crippen LogP contribution in [0.15, 0.2) is 60.7 Å². The minimum absolute atomic E-state index is 0.127. The molecule has 3 aliphatic rings. The Morgan fingerprint density at radius 1 is 1.09 bits per heavy atom. The van der Waals surface area contributed by atoms with E-state index in [1.165, 1.54) is 16.7 Å². The molecule has 0 unspecified atom stereocenters. The van der Waals surface area contributed by atoms with Gasteiger partial charge in [-0.15, -0.1) is 0 Å². The minimum Gasteiger partial charge on any atom is -0.475 e. The van der Waals surface area contributed by atoms with Gasteiger partial charge in [-0.25, -0.2) is 4.79 Å². The number of nitrogens with one attached hydrogen (secondary N) is 2. The van der Waals surface area contributed by atoms with E-state index in [1.54, 1.807) is 0 Å². The number of aromatic amines is 1. The molecule has 3 aromatic carbocycles. The zero-order valence-corrected chi connectivity index (χ0v) is 23.9. The third kappa shape index (κ3) is 5.85. The zero-order valence-electron chi connectivity index (χ0n) is 23.9. The van der Waals surface area contributed by atoms with Crippen molar-refractivity contribution in [3.8, 4) is 0 Å². The van der Waals surface area contributed by atoms with E-state index in [4.69, 9.17) is 14.6 Å². The second kappa shape index (κ2) is 11.5. The molecule has 2 aliphatic heterocycles. The van der Waals surface area contributed by atoms with Crippen LogP contribution in [0.3, 0.4) is 0 Å². The Bertz CT molecular complexity index is 1740. The normalized spacial score (nSPS) is 21.3. The summed E-state index contributed by atoms with van der Waals surface area (Å²) in [5, 5.41) is 19.1. The van der Waals surface area contributed by atoms with Crippen molar-refractivity contribution in [2.45, 2.75) is 37.4 Å². The van der Waals surface area contributed by atoms with Crippen LogP contribution in [-0.2, 0) is 26.3 Å². The maximum atomic E-state index is 13.0. The minimum atomic E-state index is -5.08. The highest BCUT2D eigenvalue weighted by molar-refractivity contribution is 6.10. The molecule has 3 heterocycles. The van der Waals surface area contributed by atoms with Gasteiger partial charge in [0.1, 0.15) is 0 Å². The van der Waals surface area contributed by atoms with Crippen LogP contribution in [0, 0.1) is 6.92 Å². The number of nitrogens with zero attached hydrogens (tertiary/aromatic N) is 2. The predicted octanol–water partition coefficient (Wildman–Crippen LogP) is 5.88. The molecule has 3 N–H and O–H groups in total. The lowest BCUT2D eigenvalue weighted by atomic mass is 9.91. The van der Waals surface area contributed by atoms with Crippen LogP contribution in [-0.4, -0.2) is 64.6 Å². The number of carbonyl (C=O) groups is 2. The van der Waals surface area contributed by atoms with E-state index in [0.29, 0.717) is 0 Å². The average Bonchev–Trinajstić information content (AvgIpc) is 3.55. The molecule has 1 amide bonds. The van der Waals surface area contributed by atoms with E-state index in [0.717, 1.165) is 72.7 Å². The van der Waals surface area contributed by atoms with Crippen LogP contribution < -0.4 is 5.32 Å². The van der Waals surface area contributed by atoms with Gasteiger partial charge in [-0.1, -0.05) is 60.2 Å². The standard InChI is InChI=1S/C31H30N4O2.C2HF3O2/c1-20-2-10-28-25(16-20)31(30(36)32-28)18-26(31)23-8-9-24-27(33-34-29(24)17-23)11-7-21-3-5-22(6-4-21)19-35-12-14-37-15-13-35;3-2(4,5)1(6)7/h2-11,16-17,26H,12-15,18-19H2,1H3,(H,32,36)(H,33,34);(H,6,7)/b11-7+;/t26-,31-;/m0./s1. The number of H-pyrrole nitrogens is 1. The maximum absolute atomic E-state index is 13.0. The lowest BCUT2D eigenvalue weighted by molar-refractivity contribution is -0.192. The first kappa shape index (κ1) is 29.6. The summed E-state index contributed by atoms with van der Waals surface area (Å²) < 4.78 is 37.2.